The van der Waals surface area contributed by atoms with E-state index in [0.29, 0.717) is 0 Å². The molecule has 2 nitrogen and oxygen atoms in total. The van der Waals surface area contributed by atoms with Crippen LogP contribution in [0.1, 0.15) is 27.8 Å². The maximum atomic E-state index is 11.5. The van der Waals surface area contributed by atoms with Crippen LogP contribution >= 0.6 is 0 Å². The number of carbonyl (C=O) groups excluding carboxylic acids is 1. The molecular formula is C28H23NO. The summed E-state index contributed by atoms with van der Waals surface area (Å²) in [5.74, 6) is -0.463. The molecule has 0 unspecified atom stereocenters. The number of primary amides is 1. The van der Waals surface area contributed by atoms with Gasteiger partial charge in [-0.2, -0.15) is 0 Å². The lowest BCUT2D eigenvalue weighted by atomic mass is 9.64. The van der Waals surface area contributed by atoms with E-state index in [1.54, 1.807) is 6.08 Å². The summed E-state index contributed by atoms with van der Waals surface area (Å²) >= 11 is 0. The highest BCUT2D eigenvalue weighted by Crippen LogP contribution is 2.46. The second-order valence-electron chi connectivity index (χ2n) is 7.17. The van der Waals surface area contributed by atoms with E-state index in [1.165, 1.54) is 6.08 Å². The molecule has 2 heteroatoms. The lowest BCUT2D eigenvalue weighted by Gasteiger charge is -2.38. The maximum Gasteiger partial charge on any atom is 0.241 e. The Labute approximate surface area is 177 Å². The zero-order valence-electron chi connectivity index (χ0n) is 16.6. The largest absolute Gasteiger partial charge is 0.366 e. The Kier molecular flexibility index (Phi) is 5.58. The van der Waals surface area contributed by atoms with Crippen LogP contribution in [0.2, 0.25) is 0 Å². The van der Waals surface area contributed by atoms with Crippen molar-refractivity contribution in [1.29, 1.82) is 0 Å². The normalized spacial score (nSPS) is 11.5. The summed E-state index contributed by atoms with van der Waals surface area (Å²) in [4.78, 5) is 11.5. The molecule has 1 amide bonds. The average Bonchev–Trinajstić information content (AvgIpc) is 2.81. The van der Waals surface area contributed by atoms with Gasteiger partial charge in [-0.25, -0.2) is 0 Å². The monoisotopic (exact) mass is 389 g/mol. The van der Waals surface area contributed by atoms with Crippen molar-refractivity contribution in [2.24, 2.45) is 5.73 Å². The third-order valence-corrected chi connectivity index (χ3v) is 5.41. The molecule has 0 atom stereocenters. The van der Waals surface area contributed by atoms with E-state index in [-0.39, 0.29) is 0 Å². The summed E-state index contributed by atoms with van der Waals surface area (Å²) in [6.07, 6.45) is 3.23. The molecule has 0 bridgehead atoms. The van der Waals surface area contributed by atoms with Gasteiger partial charge < -0.3 is 5.73 Å². The zero-order valence-corrected chi connectivity index (χ0v) is 16.6. The lowest BCUT2D eigenvalue weighted by Crippen LogP contribution is -2.31. The van der Waals surface area contributed by atoms with Crippen molar-refractivity contribution in [2.45, 2.75) is 5.41 Å². The highest BCUT2D eigenvalue weighted by atomic mass is 16.1. The van der Waals surface area contributed by atoms with E-state index in [0.717, 1.165) is 27.8 Å². The predicted molar refractivity (Wildman–Crippen MR) is 123 cm³/mol. The molecule has 0 aromatic heterocycles. The van der Waals surface area contributed by atoms with Crippen LogP contribution < -0.4 is 5.73 Å². The second kappa shape index (κ2) is 8.62. The van der Waals surface area contributed by atoms with Crippen molar-refractivity contribution in [3.63, 3.8) is 0 Å². The Morgan fingerprint density at radius 2 is 1.00 bits per heavy atom. The van der Waals surface area contributed by atoms with Gasteiger partial charge in [0.2, 0.25) is 5.91 Å². The molecule has 4 aromatic rings. The van der Waals surface area contributed by atoms with Crippen LogP contribution in [0, 0.1) is 0 Å². The highest BCUT2D eigenvalue weighted by molar-refractivity contribution is 5.90. The third-order valence-electron chi connectivity index (χ3n) is 5.41. The number of benzene rings is 4. The number of carbonyl (C=O) groups is 1. The van der Waals surface area contributed by atoms with Crippen LogP contribution in [0.25, 0.3) is 6.08 Å². The molecular weight excluding hydrogens is 366 g/mol. The molecule has 0 aliphatic carbocycles. The fourth-order valence-electron chi connectivity index (χ4n) is 4.19. The second-order valence-corrected chi connectivity index (χ2v) is 7.17. The van der Waals surface area contributed by atoms with Crippen LogP contribution in [-0.4, -0.2) is 5.91 Å². The topological polar surface area (TPSA) is 43.1 Å². The number of hydrogen-bond acceptors (Lipinski definition) is 1. The van der Waals surface area contributed by atoms with Gasteiger partial charge in [-0.1, -0.05) is 115 Å². The number of rotatable bonds is 6. The fourth-order valence-corrected chi connectivity index (χ4v) is 4.19. The van der Waals surface area contributed by atoms with E-state index in [4.69, 9.17) is 5.73 Å². The number of hydrogen-bond donors (Lipinski definition) is 1. The summed E-state index contributed by atoms with van der Waals surface area (Å²) in [5, 5.41) is 0. The van der Waals surface area contributed by atoms with Crippen LogP contribution in [0.5, 0.6) is 0 Å². The molecule has 0 radical (unpaired) electrons. The van der Waals surface area contributed by atoms with Crippen LogP contribution in [0.15, 0.2) is 121 Å². The molecule has 0 saturated carbocycles. The predicted octanol–water partition coefficient (Wildman–Crippen LogP) is 5.57. The molecule has 2 N–H and O–H groups in total. The van der Waals surface area contributed by atoms with E-state index in [9.17, 15) is 4.79 Å². The zero-order chi connectivity index (χ0) is 20.8. The van der Waals surface area contributed by atoms with Gasteiger partial charge in [0, 0.05) is 6.08 Å². The maximum absolute atomic E-state index is 11.5. The lowest BCUT2D eigenvalue weighted by molar-refractivity contribution is -0.113. The molecule has 146 valence electrons. The van der Waals surface area contributed by atoms with E-state index in [2.05, 4.69) is 78.9 Å². The van der Waals surface area contributed by atoms with Crippen molar-refractivity contribution in [3.05, 3.63) is 149 Å². The molecule has 0 aliphatic rings. The molecule has 4 aromatic carbocycles. The highest BCUT2D eigenvalue weighted by Gasteiger charge is 2.39. The van der Waals surface area contributed by atoms with Gasteiger partial charge in [0.05, 0.1) is 5.41 Å². The minimum Gasteiger partial charge on any atom is -0.366 e. The first-order chi connectivity index (χ1) is 14.7. The van der Waals surface area contributed by atoms with Gasteiger partial charge in [-0.3, -0.25) is 4.79 Å². The number of nitrogens with two attached hydrogens (primary N) is 1. The first-order valence-corrected chi connectivity index (χ1v) is 9.96. The third kappa shape index (κ3) is 3.56. The molecule has 0 saturated heterocycles. The molecule has 0 heterocycles. The minimum atomic E-state index is -0.553. The van der Waals surface area contributed by atoms with Crippen LogP contribution in [0.3, 0.4) is 0 Å². The van der Waals surface area contributed by atoms with E-state index in [1.807, 2.05) is 36.4 Å². The first-order valence-electron chi connectivity index (χ1n) is 9.96. The van der Waals surface area contributed by atoms with Gasteiger partial charge in [-0.05, 0) is 33.9 Å². The molecule has 0 spiro atoms. The van der Waals surface area contributed by atoms with Crippen molar-refractivity contribution >= 4 is 12.0 Å². The Hall–Kier alpha value is -3.91. The summed E-state index contributed by atoms with van der Waals surface area (Å²) in [5.41, 5.74) is 10.4. The van der Waals surface area contributed by atoms with Crippen molar-refractivity contribution in [2.75, 3.05) is 0 Å². The Morgan fingerprint density at radius 1 is 0.600 bits per heavy atom. The van der Waals surface area contributed by atoms with Crippen LogP contribution in [-0.2, 0) is 10.2 Å². The summed E-state index contributed by atoms with van der Waals surface area (Å²) in [7, 11) is 0. The van der Waals surface area contributed by atoms with Crippen molar-refractivity contribution < 1.29 is 4.79 Å². The quantitative estimate of drug-likeness (QED) is 0.340. The molecule has 0 aliphatic heterocycles. The molecule has 30 heavy (non-hydrogen) atoms. The van der Waals surface area contributed by atoms with Gasteiger partial charge in [-0.15, -0.1) is 0 Å². The van der Waals surface area contributed by atoms with Crippen molar-refractivity contribution in [1.82, 2.24) is 0 Å². The first kappa shape index (κ1) is 19.4. The fraction of sp³-hybridized carbons (Fsp3) is 0.0357. The van der Waals surface area contributed by atoms with Gasteiger partial charge in [0.15, 0.2) is 0 Å². The van der Waals surface area contributed by atoms with Gasteiger partial charge >= 0.3 is 0 Å². The van der Waals surface area contributed by atoms with E-state index >= 15 is 0 Å². The summed E-state index contributed by atoms with van der Waals surface area (Å²) < 4.78 is 0. The van der Waals surface area contributed by atoms with Crippen molar-refractivity contribution in [3.8, 4) is 0 Å². The molecule has 4 rings (SSSR count). The van der Waals surface area contributed by atoms with Gasteiger partial charge in [0.25, 0.3) is 0 Å². The number of amides is 1. The van der Waals surface area contributed by atoms with E-state index < -0.39 is 11.3 Å². The van der Waals surface area contributed by atoms with Gasteiger partial charge in [0.1, 0.15) is 0 Å². The summed E-state index contributed by atoms with van der Waals surface area (Å²) in [6.45, 7) is 0. The Balaban J connectivity index is 2.14. The standard InChI is InChI=1S/C28H23NO/c29-27(30)21-20-22-12-10-11-19-26(22)28(23-13-4-1-5-14-23,24-15-6-2-7-16-24)25-17-8-3-9-18-25/h1-21H,(H2,29,30). The average molecular weight is 389 g/mol. The molecule has 0 fully saturated rings. The summed E-state index contributed by atoms with van der Waals surface area (Å²) in [6, 6.07) is 39.6. The minimum absolute atomic E-state index is 0.463. The SMILES string of the molecule is NC(=O)C=Cc1ccccc1C(c1ccccc1)(c1ccccc1)c1ccccc1. The van der Waals surface area contributed by atoms with Crippen LogP contribution in [0.4, 0.5) is 0 Å². The Morgan fingerprint density at radius 3 is 1.43 bits per heavy atom. The Bertz CT molecular complexity index is 1050. The smallest absolute Gasteiger partial charge is 0.241 e.